The van der Waals surface area contributed by atoms with Gasteiger partial charge in [-0.3, -0.25) is 9.59 Å². The molecule has 0 spiro atoms. The summed E-state index contributed by atoms with van der Waals surface area (Å²) in [6.07, 6.45) is 2.16. The van der Waals surface area contributed by atoms with Crippen LogP contribution in [0.2, 0.25) is 0 Å². The third-order valence-electron chi connectivity index (χ3n) is 4.32. The first-order valence-electron chi connectivity index (χ1n) is 8.84. The molecule has 2 heterocycles. The van der Waals surface area contributed by atoms with Gasteiger partial charge in [-0.2, -0.15) is 0 Å². The normalized spacial score (nSPS) is 13.6. The molecular formula is C19H23N3O3S2. The van der Waals surface area contributed by atoms with E-state index in [1.807, 2.05) is 36.1 Å². The Morgan fingerprint density at radius 1 is 1.22 bits per heavy atom. The van der Waals surface area contributed by atoms with Gasteiger partial charge in [0.25, 0.3) is 0 Å². The number of rotatable bonds is 7. The summed E-state index contributed by atoms with van der Waals surface area (Å²) in [5.41, 5.74) is 1.84. The highest BCUT2D eigenvalue weighted by Crippen LogP contribution is 2.31. The quantitative estimate of drug-likeness (QED) is 0.764. The van der Waals surface area contributed by atoms with E-state index < -0.39 is 0 Å². The Hall–Kier alpha value is -2.06. The van der Waals surface area contributed by atoms with E-state index in [9.17, 15) is 9.59 Å². The first-order valence-corrected chi connectivity index (χ1v) is 10.8. The number of thioether (sulfide) groups is 1. The van der Waals surface area contributed by atoms with Crippen molar-refractivity contribution in [2.75, 3.05) is 37.0 Å². The second kappa shape index (κ2) is 9.23. The minimum Gasteiger partial charge on any atom is -0.497 e. The van der Waals surface area contributed by atoms with E-state index >= 15 is 0 Å². The van der Waals surface area contributed by atoms with Crippen LogP contribution in [0.5, 0.6) is 5.75 Å². The molecule has 1 aromatic heterocycles. The first-order chi connectivity index (χ1) is 13.1. The fourth-order valence-corrected chi connectivity index (χ4v) is 4.48. The Kier molecular flexibility index (Phi) is 6.73. The van der Waals surface area contributed by atoms with E-state index in [4.69, 9.17) is 4.74 Å². The lowest BCUT2D eigenvalue weighted by Crippen LogP contribution is -2.29. The summed E-state index contributed by atoms with van der Waals surface area (Å²) in [6.45, 7) is 3.67. The average molecular weight is 406 g/mol. The van der Waals surface area contributed by atoms with E-state index in [-0.39, 0.29) is 17.6 Å². The Balaban J connectivity index is 1.51. The monoisotopic (exact) mass is 405 g/mol. The van der Waals surface area contributed by atoms with Crippen molar-refractivity contribution in [3.8, 4) is 17.0 Å². The number of carbonyl (C=O) groups excluding carboxylic acids is 2. The van der Waals surface area contributed by atoms with Crippen molar-refractivity contribution in [3.05, 3.63) is 29.1 Å². The zero-order chi connectivity index (χ0) is 19.2. The molecule has 0 radical (unpaired) electrons. The number of anilines is 1. The molecule has 1 fully saturated rings. The zero-order valence-corrected chi connectivity index (χ0v) is 17.1. The van der Waals surface area contributed by atoms with Gasteiger partial charge >= 0.3 is 0 Å². The van der Waals surface area contributed by atoms with Crippen LogP contribution in [0.1, 0.15) is 17.7 Å². The molecule has 1 N–H and O–H groups in total. The minimum absolute atomic E-state index is 0.122. The van der Waals surface area contributed by atoms with Crippen molar-refractivity contribution >= 4 is 40.0 Å². The highest BCUT2D eigenvalue weighted by molar-refractivity contribution is 8.00. The summed E-state index contributed by atoms with van der Waals surface area (Å²) in [6, 6.07) is 7.68. The second-order valence-electron chi connectivity index (χ2n) is 6.28. The number of carbonyl (C=O) groups is 2. The molecule has 1 aromatic carbocycles. The molecule has 27 heavy (non-hydrogen) atoms. The maximum atomic E-state index is 12.1. The van der Waals surface area contributed by atoms with Crippen LogP contribution in [0.4, 0.5) is 5.13 Å². The second-order valence-corrected chi connectivity index (χ2v) is 8.47. The number of ether oxygens (including phenoxy) is 1. The number of hydrogen-bond donors (Lipinski definition) is 1. The van der Waals surface area contributed by atoms with Crippen molar-refractivity contribution in [1.82, 2.24) is 9.88 Å². The largest absolute Gasteiger partial charge is 0.497 e. The lowest BCUT2D eigenvalue weighted by atomic mass is 10.1. The van der Waals surface area contributed by atoms with Crippen molar-refractivity contribution in [2.24, 2.45) is 0 Å². The summed E-state index contributed by atoms with van der Waals surface area (Å²) < 4.78 is 5.18. The lowest BCUT2D eigenvalue weighted by Gasteiger charge is -2.14. The molecule has 1 aliphatic heterocycles. The molecule has 0 aliphatic carbocycles. The van der Waals surface area contributed by atoms with Crippen LogP contribution in [0.25, 0.3) is 11.3 Å². The Labute approximate surface area is 167 Å². The van der Waals surface area contributed by atoms with E-state index in [2.05, 4.69) is 10.3 Å². The van der Waals surface area contributed by atoms with Crippen molar-refractivity contribution in [2.45, 2.75) is 19.8 Å². The van der Waals surface area contributed by atoms with E-state index in [0.29, 0.717) is 10.9 Å². The zero-order valence-electron chi connectivity index (χ0n) is 15.5. The molecule has 0 unspecified atom stereocenters. The van der Waals surface area contributed by atoms with Crippen LogP contribution < -0.4 is 10.1 Å². The van der Waals surface area contributed by atoms with Gasteiger partial charge in [0.1, 0.15) is 5.75 Å². The Morgan fingerprint density at radius 3 is 2.59 bits per heavy atom. The Bertz CT molecular complexity index is 799. The number of methoxy groups -OCH3 is 1. The molecule has 1 saturated heterocycles. The van der Waals surface area contributed by atoms with Gasteiger partial charge in [0.15, 0.2) is 5.13 Å². The number of likely N-dealkylation sites (tertiary alicyclic amines) is 1. The Morgan fingerprint density at radius 2 is 1.93 bits per heavy atom. The topological polar surface area (TPSA) is 71.5 Å². The molecule has 0 saturated carbocycles. The van der Waals surface area contributed by atoms with Crippen LogP contribution in [0, 0.1) is 6.92 Å². The predicted octanol–water partition coefficient (Wildman–Crippen LogP) is 3.42. The van der Waals surface area contributed by atoms with Crippen LogP contribution in [0.3, 0.4) is 0 Å². The number of nitrogens with zero attached hydrogens (tertiary/aromatic N) is 2. The molecule has 2 aromatic rings. The van der Waals surface area contributed by atoms with Crippen LogP contribution in [-0.4, -0.2) is 53.4 Å². The fourth-order valence-electron chi connectivity index (χ4n) is 2.91. The molecule has 2 amide bonds. The van der Waals surface area contributed by atoms with Crippen molar-refractivity contribution in [1.29, 1.82) is 0 Å². The highest BCUT2D eigenvalue weighted by Gasteiger charge is 2.18. The molecule has 0 bridgehead atoms. The summed E-state index contributed by atoms with van der Waals surface area (Å²) in [5, 5.41) is 3.42. The van der Waals surface area contributed by atoms with Crippen molar-refractivity contribution in [3.63, 3.8) is 0 Å². The number of hydrogen-bond acceptors (Lipinski definition) is 6. The predicted molar refractivity (Wildman–Crippen MR) is 111 cm³/mol. The summed E-state index contributed by atoms with van der Waals surface area (Å²) >= 11 is 2.80. The minimum atomic E-state index is -0.135. The lowest BCUT2D eigenvalue weighted by molar-refractivity contribution is -0.127. The number of aromatic nitrogens is 1. The number of amides is 2. The molecule has 0 atom stereocenters. The van der Waals surface area contributed by atoms with Gasteiger partial charge < -0.3 is 15.0 Å². The van der Waals surface area contributed by atoms with Gasteiger partial charge in [-0.25, -0.2) is 4.98 Å². The summed E-state index contributed by atoms with van der Waals surface area (Å²) in [4.78, 5) is 31.6. The fraction of sp³-hybridized carbons (Fsp3) is 0.421. The third kappa shape index (κ3) is 5.23. The van der Waals surface area contributed by atoms with Gasteiger partial charge in [-0.05, 0) is 44.0 Å². The molecule has 3 rings (SSSR count). The van der Waals surface area contributed by atoms with Gasteiger partial charge in [0, 0.05) is 23.5 Å². The van der Waals surface area contributed by atoms with Gasteiger partial charge in [-0.15, -0.1) is 23.1 Å². The maximum absolute atomic E-state index is 12.1. The van der Waals surface area contributed by atoms with Crippen LogP contribution >= 0.6 is 23.1 Å². The molecule has 1 aliphatic rings. The van der Waals surface area contributed by atoms with Crippen molar-refractivity contribution < 1.29 is 14.3 Å². The van der Waals surface area contributed by atoms with E-state index in [1.165, 1.54) is 23.1 Å². The average Bonchev–Trinajstić information content (AvgIpc) is 3.32. The SMILES string of the molecule is COc1ccc(-c2nc(NC(=O)CSCC(=O)N3CCCC3)sc2C)cc1. The highest BCUT2D eigenvalue weighted by atomic mass is 32.2. The number of benzene rings is 1. The number of aryl methyl sites for hydroxylation is 1. The molecule has 6 nitrogen and oxygen atoms in total. The third-order valence-corrected chi connectivity index (χ3v) is 6.13. The van der Waals surface area contributed by atoms with Crippen LogP contribution in [0.15, 0.2) is 24.3 Å². The molecular weight excluding hydrogens is 382 g/mol. The number of nitrogens with one attached hydrogen (secondary N) is 1. The first kappa shape index (κ1) is 19.7. The maximum Gasteiger partial charge on any atom is 0.236 e. The van der Waals surface area contributed by atoms with Gasteiger partial charge in [0.2, 0.25) is 11.8 Å². The number of thiazole rings is 1. The van der Waals surface area contributed by atoms with Gasteiger partial charge in [-0.1, -0.05) is 0 Å². The smallest absolute Gasteiger partial charge is 0.236 e. The molecule has 144 valence electrons. The summed E-state index contributed by atoms with van der Waals surface area (Å²) in [7, 11) is 1.63. The van der Waals surface area contributed by atoms with E-state index in [1.54, 1.807) is 7.11 Å². The van der Waals surface area contributed by atoms with E-state index in [0.717, 1.165) is 47.8 Å². The standard InChI is InChI=1S/C19H23N3O3S2/c1-13-18(14-5-7-15(25-2)8-6-14)21-19(27-13)20-16(23)11-26-12-17(24)22-9-3-4-10-22/h5-8H,3-4,9-12H2,1-2H3,(H,20,21,23). The molecule has 8 heteroatoms. The van der Waals surface area contributed by atoms with Crippen LogP contribution in [-0.2, 0) is 9.59 Å². The summed E-state index contributed by atoms with van der Waals surface area (Å²) in [5.74, 6) is 1.37. The van der Waals surface area contributed by atoms with Gasteiger partial charge in [0.05, 0.1) is 24.3 Å².